The molecule has 0 saturated carbocycles. The second-order valence-corrected chi connectivity index (χ2v) is 4.31. The van der Waals surface area contributed by atoms with E-state index in [0.717, 1.165) is 4.57 Å². The fourth-order valence-electron chi connectivity index (χ4n) is 1.09. The largest absolute Gasteiger partial charge is 0.332 e. The molecule has 0 saturated heterocycles. The summed E-state index contributed by atoms with van der Waals surface area (Å²) in [6.07, 6.45) is 1.29. The first-order valence-corrected chi connectivity index (χ1v) is 6.82. The van der Waals surface area contributed by atoms with Crippen LogP contribution >= 0.6 is 56.8 Å². The summed E-state index contributed by atoms with van der Waals surface area (Å²) in [7, 11) is 0. The van der Waals surface area contributed by atoms with Crippen molar-refractivity contribution < 1.29 is 0 Å². The first-order valence-electron chi connectivity index (χ1n) is 4.28. The van der Waals surface area contributed by atoms with Crippen molar-refractivity contribution in [1.29, 1.82) is 0 Å². The number of halogens is 3. The van der Waals surface area contributed by atoms with Gasteiger partial charge in [-0.1, -0.05) is 23.4 Å². The SMILES string of the molecule is O=c1c(Cl)cn(CC#CI)c(=O)n1CC#CI. The van der Waals surface area contributed by atoms with Crippen LogP contribution in [0.15, 0.2) is 15.8 Å². The molecule has 1 aromatic heterocycles. The number of hydrogen-bond acceptors (Lipinski definition) is 2. The molecule has 1 heterocycles. The van der Waals surface area contributed by atoms with Gasteiger partial charge in [0.15, 0.2) is 0 Å². The van der Waals surface area contributed by atoms with Gasteiger partial charge in [0.2, 0.25) is 0 Å². The first-order chi connectivity index (χ1) is 8.11. The van der Waals surface area contributed by atoms with Crippen molar-refractivity contribution in [2.24, 2.45) is 0 Å². The van der Waals surface area contributed by atoms with E-state index in [9.17, 15) is 9.59 Å². The zero-order valence-corrected chi connectivity index (χ0v) is 13.4. The molecule has 88 valence electrons. The lowest BCUT2D eigenvalue weighted by molar-refractivity contribution is 0.637. The Labute approximate surface area is 130 Å². The second-order valence-electron chi connectivity index (χ2n) is 2.82. The van der Waals surface area contributed by atoms with E-state index in [1.54, 1.807) is 0 Å². The predicted molar refractivity (Wildman–Crippen MR) is 83.6 cm³/mol. The van der Waals surface area contributed by atoms with Crippen molar-refractivity contribution >= 4 is 56.8 Å². The molecule has 0 bridgehead atoms. The van der Waals surface area contributed by atoms with Crippen LogP contribution in [0.5, 0.6) is 0 Å². The Morgan fingerprint density at radius 3 is 2.35 bits per heavy atom. The van der Waals surface area contributed by atoms with Crippen molar-refractivity contribution in [2.75, 3.05) is 0 Å². The summed E-state index contributed by atoms with van der Waals surface area (Å²) < 4.78 is 7.50. The van der Waals surface area contributed by atoms with Gasteiger partial charge in [-0.3, -0.25) is 9.36 Å². The van der Waals surface area contributed by atoms with Crippen LogP contribution in [0.25, 0.3) is 0 Å². The van der Waals surface area contributed by atoms with Gasteiger partial charge in [-0.25, -0.2) is 9.36 Å². The van der Waals surface area contributed by atoms with E-state index in [1.165, 1.54) is 10.8 Å². The van der Waals surface area contributed by atoms with E-state index in [0.29, 0.717) is 0 Å². The molecule has 1 rings (SSSR count). The highest BCUT2D eigenvalue weighted by atomic mass is 127. The maximum Gasteiger partial charge on any atom is 0.332 e. The van der Waals surface area contributed by atoms with Crippen LogP contribution in [-0.2, 0) is 13.1 Å². The van der Waals surface area contributed by atoms with Crippen LogP contribution in [0.1, 0.15) is 0 Å². The first kappa shape index (κ1) is 14.6. The lowest BCUT2D eigenvalue weighted by Gasteiger charge is -2.05. The van der Waals surface area contributed by atoms with Gasteiger partial charge in [0.25, 0.3) is 5.56 Å². The van der Waals surface area contributed by atoms with Crippen LogP contribution in [0.3, 0.4) is 0 Å². The van der Waals surface area contributed by atoms with Gasteiger partial charge in [-0.05, 0) is 7.85 Å². The molecule has 0 unspecified atom stereocenters. The van der Waals surface area contributed by atoms with Gasteiger partial charge in [-0.15, -0.1) is 0 Å². The maximum absolute atomic E-state index is 11.9. The summed E-state index contributed by atoms with van der Waals surface area (Å²) in [5, 5.41) is -0.0184. The summed E-state index contributed by atoms with van der Waals surface area (Å²) in [6, 6.07) is 0. The van der Waals surface area contributed by atoms with Crippen LogP contribution in [0.4, 0.5) is 0 Å². The highest BCUT2D eigenvalue weighted by molar-refractivity contribution is 14.1. The Kier molecular flexibility index (Phi) is 6.09. The monoisotopic (exact) mass is 474 g/mol. The molecule has 1 aromatic rings. The standard InChI is InChI=1S/C10H5ClI2N2O2/c11-8-7-14(5-1-3-12)10(17)15(9(8)16)6-2-4-13/h7H,5-6H2. The predicted octanol–water partition coefficient (Wildman–Crippen LogP) is 1.46. The van der Waals surface area contributed by atoms with Crippen LogP contribution in [0, 0.1) is 19.7 Å². The average molecular weight is 474 g/mol. The third-order valence-electron chi connectivity index (χ3n) is 1.82. The molecule has 0 aromatic carbocycles. The highest BCUT2D eigenvalue weighted by Crippen LogP contribution is 1.97. The zero-order valence-electron chi connectivity index (χ0n) is 8.34. The molecule has 0 amide bonds. The number of aromatic nitrogens is 2. The second kappa shape index (κ2) is 7.09. The zero-order chi connectivity index (χ0) is 12.8. The van der Waals surface area contributed by atoms with Gasteiger partial charge in [0.1, 0.15) is 5.02 Å². The van der Waals surface area contributed by atoms with Gasteiger partial charge >= 0.3 is 5.69 Å². The van der Waals surface area contributed by atoms with E-state index in [4.69, 9.17) is 11.6 Å². The lowest BCUT2D eigenvalue weighted by Crippen LogP contribution is -2.39. The maximum atomic E-state index is 11.9. The summed E-state index contributed by atoms with van der Waals surface area (Å²) >= 11 is 9.46. The summed E-state index contributed by atoms with van der Waals surface area (Å²) in [5.74, 6) is 5.37. The molecule has 0 aliphatic carbocycles. The van der Waals surface area contributed by atoms with E-state index < -0.39 is 11.2 Å². The molecular weight excluding hydrogens is 469 g/mol. The Bertz CT molecular complexity index is 655. The number of nitrogens with zero attached hydrogens (tertiary/aromatic N) is 2. The van der Waals surface area contributed by atoms with Gasteiger partial charge in [0, 0.05) is 51.4 Å². The van der Waals surface area contributed by atoms with Crippen molar-refractivity contribution in [2.45, 2.75) is 13.1 Å². The number of rotatable bonds is 2. The molecule has 0 atom stereocenters. The van der Waals surface area contributed by atoms with Gasteiger partial charge < -0.3 is 0 Å². The topological polar surface area (TPSA) is 44.0 Å². The lowest BCUT2D eigenvalue weighted by atomic mass is 10.5. The summed E-state index contributed by atoms with van der Waals surface area (Å²) in [6.45, 7) is 0.221. The Hall–Kier alpha value is -0.450. The molecule has 0 fully saturated rings. The van der Waals surface area contributed by atoms with E-state index >= 15 is 0 Å². The summed E-state index contributed by atoms with van der Waals surface area (Å²) in [5.41, 5.74) is -0.993. The third-order valence-corrected chi connectivity index (χ3v) is 2.84. The molecule has 0 N–H and O–H groups in total. The van der Waals surface area contributed by atoms with Crippen molar-refractivity contribution in [3.05, 3.63) is 32.1 Å². The minimum atomic E-state index is -0.533. The number of hydrogen-bond donors (Lipinski definition) is 0. The van der Waals surface area contributed by atoms with E-state index in [2.05, 4.69) is 19.7 Å². The Balaban J connectivity index is 3.39. The van der Waals surface area contributed by atoms with Gasteiger partial charge in [0.05, 0.1) is 13.1 Å². The Morgan fingerprint density at radius 2 is 1.76 bits per heavy atom. The van der Waals surface area contributed by atoms with E-state index in [-0.39, 0.29) is 18.1 Å². The minimum Gasteiger partial charge on any atom is -0.287 e. The molecule has 17 heavy (non-hydrogen) atoms. The smallest absolute Gasteiger partial charge is 0.287 e. The molecule has 0 radical (unpaired) electrons. The van der Waals surface area contributed by atoms with Crippen molar-refractivity contribution in [3.8, 4) is 19.7 Å². The molecule has 0 aliphatic heterocycles. The summed E-state index contributed by atoms with van der Waals surface area (Å²) in [4.78, 5) is 23.5. The van der Waals surface area contributed by atoms with Crippen LogP contribution in [0.2, 0.25) is 5.02 Å². The third kappa shape index (κ3) is 3.76. The molecule has 4 nitrogen and oxygen atoms in total. The van der Waals surface area contributed by atoms with E-state index in [1.807, 2.05) is 45.2 Å². The quantitative estimate of drug-likeness (QED) is 0.482. The normalized spacial score (nSPS) is 8.88. The minimum absolute atomic E-state index is 0.0184. The van der Waals surface area contributed by atoms with Crippen molar-refractivity contribution in [1.82, 2.24) is 9.13 Å². The van der Waals surface area contributed by atoms with Crippen molar-refractivity contribution in [3.63, 3.8) is 0 Å². The van der Waals surface area contributed by atoms with Gasteiger partial charge in [-0.2, -0.15) is 0 Å². The average Bonchev–Trinajstić information content (AvgIpc) is 2.32. The fraction of sp³-hybridized carbons (Fsp3) is 0.200. The van der Waals surface area contributed by atoms with Crippen LogP contribution < -0.4 is 11.2 Å². The highest BCUT2D eigenvalue weighted by Gasteiger charge is 2.08. The Morgan fingerprint density at radius 1 is 1.18 bits per heavy atom. The molecule has 0 aliphatic rings. The molecule has 0 spiro atoms. The van der Waals surface area contributed by atoms with Crippen LogP contribution in [-0.4, -0.2) is 9.13 Å². The molecule has 7 heteroatoms. The fourth-order valence-corrected chi connectivity index (χ4v) is 1.66. The molecular formula is C10H5ClI2N2O2.